The third-order valence-electron chi connectivity index (χ3n) is 5.49. The highest BCUT2D eigenvalue weighted by molar-refractivity contribution is 5.74. The van der Waals surface area contributed by atoms with Crippen molar-refractivity contribution >= 4 is 5.57 Å². The van der Waals surface area contributed by atoms with Crippen molar-refractivity contribution < 1.29 is 4.74 Å². The topological polar surface area (TPSA) is 9.23 Å². The van der Waals surface area contributed by atoms with Crippen molar-refractivity contribution in [1.82, 2.24) is 0 Å². The summed E-state index contributed by atoms with van der Waals surface area (Å²) in [6.07, 6.45) is 4.09. The number of methoxy groups -OCH3 is 1. The summed E-state index contributed by atoms with van der Waals surface area (Å²) < 4.78 is 5.56. The quantitative estimate of drug-likeness (QED) is 0.771. The van der Waals surface area contributed by atoms with E-state index in [2.05, 4.69) is 44.2 Å². The second kappa shape index (κ2) is 4.79. The first kappa shape index (κ1) is 12.9. The molecule has 0 radical (unpaired) electrons. The van der Waals surface area contributed by atoms with Crippen molar-refractivity contribution in [3.05, 3.63) is 41.5 Å². The zero-order valence-electron chi connectivity index (χ0n) is 12.3. The summed E-state index contributed by atoms with van der Waals surface area (Å²) >= 11 is 0. The molecule has 2 aliphatic rings. The molecule has 0 saturated heterocycles. The van der Waals surface area contributed by atoms with Gasteiger partial charge in [0.1, 0.15) is 0 Å². The molecule has 2 aliphatic carbocycles. The minimum atomic E-state index is 0.237. The van der Waals surface area contributed by atoms with Gasteiger partial charge in [-0.1, -0.05) is 49.2 Å². The monoisotopic (exact) mass is 256 g/mol. The van der Waals surface area contributed by atoms with Gasteiger partial charge < -0.3 is 4.74 Å². The first-order valence-electron chi connectivity index (χ1n) is 7.44. The fourth-order valence-corrected chi connectivity index (χ4v) is 4.50. The van der Waals surface area contributed by atoms with E-state index in [0.29, 0.717) is 0 Å². The van der Waals surface area contributed by atoms with Gasteiger partial charge in [0.2, 0.25) is 0 Å². The highest BCUT2D eigenvalue weighted by atomic mass is 16.5. The van der Waals surface area contributed by atoms with Gasteiger partial charge in [0.05, 0.1) is 6.61 Å². The fraction of sp³-hybridized carbons (Fsp3) is 0.556. The van der Waals surface area contributed by atoms with Crippen LogP contribution in [0, 0.1) is 17.3 Å². The Balaban J connectivity index is 2.08. The van der Waals surface area contributed by atoms with E-state index < -0.39 is 0 Å². The summed E-state index contributed by atoms with van der Waals surface area (Å²) in [7, 11) is 1.84. The van der Waals surface area contributed by atoms with Crippen LogP contribution < -0.4 is 0 Å². The Labute approximate surface area is 116 Å². The lowest BCUT2D eigenvalue weighted by Gasteiger charge is -2.32. The number of allylic oxidation sites excluding steroid dienone is 1. The van der Waals surface area contributed by atoms with Crippen molar-refractivity contribution in [3.63, 3.8) is 0 Å². The molecule has 0 aromatic heterocycles. The van der Waals surface area contributed by atoms with Gasteiger partial charge in [-0.3, -0.25) is 0 Å². The molecule has 0 aliphatic heterocycles. The molecule has 1 aromatic rings. The number of fused-ring (bicyclic) bond motifs is 1. The van der Waals surface area contributed by atoms with Gasteiger partial charge in [-0.2, -0.15) is 0 Å². The molecule has 1 heteroatoms. The molecule has 0 unspecified atom stereocenters. The zero-order chi connectivity index (χ0) is 13.5. The van der Waals surface area contributed by atoms with Crippen LogP contribution in [0.2, 0.25) is 0 Å². The standard InChI is InChI=1S/C18H24O/c1-13-17(14-8-5-4-6-9-14)15-10-7-11-16(15)18(13,2)12-19-3/h4-6,8-9,15-16H,7,10-12H2,1-3H3/t15-,16+,18-/m1/s1. The average Bonchev–Trinajstić information content (AvgIpc) is 2.96. The number of ether oxygens (including phenoxy) is 1. The van der Waals surface area contributed by atoms with Crippen LogP contribution in [0.3, 0.4) is 0 Å². The molecule has 1 nitrogen and oxygen atoms in total. The summed E-state index contributed by atoms with van der Waals surface area (Å²) in [6.45, 7) is 5.60. The second-order valence-corrected chi connectivity index (χ2v) is 6.40. The van der Waals surface area contributed by atoms with Gasteiger partial charge in [-0.15, -0.1) is 0 Å². The number of rotatable bonds is 3. The Morgan fingerprint density at radius 1 is 1.21 bits per heavy atom. The van der Waals surface area contributed by atoms with E-state index in [1.807, 2.05) is 7.11 Å². The number of hydrogen-bond acceptors (Lipinski definition) is 1. The second-order valence-electron chi connectivity index (χ2n) is 6.40. The molecule has 1 aromatic carbocycles. The average molecular weight is 256 g/mol. The van der Waals surface area contributed by atoms with Crippen LogP contribution in [-0.4, -0.2) is 13.7 Å². The Kier molecular flexibility index (Phi) is 3.26. The minimum Gasteiger partial charge on any atom is -0.384 e. The van der Waals surface area contributed by atoms with Crippen molar-refractivity contribution in [2.45, 2.75) is 33.1 Å². The first-order chi connectivity index (χ1) is 9.18. The van der Waals surface area contributed by atoms with Crippen LogP contribution in [-0.2, 0) is 4.74 Å². The summed E-state index contributed by atoms with van der Waals surface area (Å²) in [5, 5.41) is 0. The molecule has 0 bridgehead atoms. The van der Waals surface area contributed by atoms with E-state index in [9.17, 15) is 0 Å². The lowest BCUT2D eigenvalue weighted by molar-refractivity contribution is 0.0754. The molecule has 0 amide bonds. The molecular weight excluding hydrogens is 232 g/mol. The molecule has 1 fully saturated rings. The van der Waals surface area contributed by atoms with Crippen LogP contribution in [0.5, 0.6) is 0 Å². The highest BCUT2D eigenvalue weighted by Crippen LogP contribution is 2.60. The zero-order valence-corrected chi connectivity index (χ0v) is 12.3. The maximum Gasteiger partial charge on any atom is 0.0556 e. The van der Waals surface area contributed by atoms with Gasteiger partial charge in [-0.05, 0) is 42.7 Å². The van der Waals surface area contributed by atoms with Crippen molar-refractivity contribution in [2.24, 2.45) is 17.3 Å². The van der Waals surface area contributed by atoms with E-state index in [0.717, 1.165) is 18.4 Å². The molecule has 3 rings (SSSR count). The summed E-state index contributed by atoms with van der Waals surface area (Å²) in [5.41, 5.74) is 4.84. The maximum atomic E-state index is 5.56. The number of hydrogen-bond donors (Lipinski definition) is 0. The van der Waals surface area contributed by atoms with E-state index >= 15 is 0 Å². The summed E-state index contributed by atoms with van der Waals surface area (Å²) in [6, 6.07) is 11.0. The Bertz CT molecular complexity index is 488. The number of benzene rings is 1. The normalized spacial score (nSPS) is 33.8. The van der Waals surface area contributed by atoms with Crippen LogP contribution in [0.1, 0.15) is 38.7 Å². The van der Waals surface area contributed by atoms with Gasteiger partial charge in [-0.25, -0.2) is 0 Å². The van der Waals surface area contributed by atoms with Crippen molar-refractivity contribution in [1.29, 1.82) is 0 Å². The van der Waals surface area contributed by atoms with Gasteiger partial charge in [0.25, 0.3) is 0 Å². The first-order valence-corrected chi connectivity index (χ1v) is 7.44. The van der Waals surface area contributed by atoms with Crippen LogP contribution in [0.15, 0.2) is 35.9 Å². The van der Waals surface area contributed by atoms with Crippen LogP contribution >= 0.6 is 0 Å². The third-order valence-corrected chi connectivity index (χ3v) is 5.49. The van der Waals surface area contributed by atoms with Crippen LogP contribution in [0.4, 0.5) is 0 Å². The molecule has 3 atom stereocenters. The lowest BCUT2D eigenvalue weighted by atomic mass is 9.74. The minimum absolute atomic E-state index is 0.237. The van der Waals surface area contributed by atoms with E-state index in [4.69, 9.17) is 4.74 Å². The predicted molar refractivity (Wildman–Crippen MR) is 79.9 cm³/mol. The SMILES string of the molecule is COC[C@]1(C)C(C)=C(c2ccccc2)[C@@H]2CCC[C@@H]21. The smallest absolute Gasteiger partial charge is 0.0556 e. The van der Waals surface area contributed by atoms with Crippen molar-refractivity contribution in [2.75, 3.05) is 13.7 Å². The van der Waals surface area contributed by atoms with Gasteiger partial charge in [0.15, 0.2) is 0 Å². The fourth-order valence-electron chi connectivity index (χ4n) is 4.50. The molecule has 1 saturated carbocycles. The van der Waals surface area contributed by atoms with Crippen LogP contribution in [0.25, 0.3) is 5.57 Å². The maximum absolute atomic E-state index is 5.56. The highest BCUT2D eigenvalue weighted by Gasteiger charge is 2.50. The Morgan fingerprint density at radius 3 is 2.63 bits per heavy atom. The summed E-state index contributed by atoms with van der Waals surface area (Å²) in [4.78, 5) is 0. The predicted octanol–water partition coefficient (Wildman–Crippen LogP) is 4.54. The molecule has 0 heterocycles. The molecule has 0 spiro atoms. The molecular formula is C18H24O. The van der Waals surface area contributed by atoms with Gasteiger partial charge >= 0.3 is 0 Å². The Morgan fingerprint density at radius 2 is 1.95 bits per heavy atom. The Hall–Kier alpha value is -1.08. The molecule has 0 N–H and O–H groups in total. The van der Waals surface area contributed by atoms with Crippen molar-refractivity contribution in [3.8, 4) is 0 Å². The summed E-state index contributed by atoms with van der Waals surface area (Å²) in [5.74, 6) is 1.53. The van der Waals surface area contributed by atoms with E-state index in [-0.39, 0.29) is 5.41 Å². The van der Waals surface area contributed by atoms with Gasteiger partial charge in [0, 0.05) is 12.5 Å². The molecule has 102 valence electrons. The van der Waals surface area contributed by atoms with E-state index in [1.165, 1.54) is 24.8 Å². The largest absolute Gasteiger partial charge is 0.384 e. The van der Waals surface area contributed by atoms with E-state index in [1.54, 1.807) is 11.1 Å². The molecule has 19 heavy (non-hydrogen) atoms. The lowest BCUT2D eigenvalue weighted by Crippen LogP contribution is -2.30. The third kappa shape index (κ3) is 1.87.